The fraction of sp³-hybridized carbons (Fsp3) is 0.688. The molecule has 0 aromatic carbocycles. The number of carbonyl (C=O) groups excluding carboxylic acids is 1. The van der Waals surface area contributed by atoms with Crippen LogP contribution in [-0.2, 0) is 7.05 Å². The Morgan fingerprint density at radius 1 is 1.25 bits per heavy atom. The quantitative estimate of drug-likeness (QED) is 0.907. The molecule has 1 saturated heterocycles. The first kappa shape index (κ1) is 14.1. The number of hydrogen-bond acceptors (Lipinski definition) is 5. The molecule has 1 amide bonds. The minimum absolute atomic E-state index is 0.0116. The van der Waals surface area contributed by atoms with Gasteiger partial charge in [-0.2, -0.15) is 5.10 Å². The lowest BCUT2D eigenvalue weighted by atomic mass is 9.91. The normalized spacial score (nSPS) is 27.0. The van der Waals surface area contributed by atoms with Gasteiger partial charge in [-0.25, -0.2) is 9.67 Å². The molecule has 2 aromatic heterocycles. The van der Waals surface area contributed by atoms with Crippen molar-refractivity contribution in [2.24, 2.45) is 18.9 Å². The number of rotatable bonds is 4. The third-order valence-corrected chi connectivity index (χ3v) is 5.63. The van der Waals surface area contributed by atoms with E-state index in [4.69, 9.17) is 4.98 Å². The Balaban J connectivity index is 1.39. The van der Waals surface area contributed by atoms with E-state index in [0.717, 1.165) is 18.2 Å². The van der Waals surface area contributed by atoms with Crippen molar-refractivity contribution in [2.45, 2.75) is 37.5 Å². The van der Waals surface area contributed by atoms with Crippen LogP contribution in [0.1, 0.15) is 59.7 Å². The van der Waals surface area contributed by atoms with Gasteiger partial charge in [-0.15, -0.1) is 5.10 Å². The first-order chi connectivity index (χ1) is 11.7. The third-order valence-electron chi connectivity index (χ3n) is 5.63. The highest BCUT2D eigenvalue weighted by Crippen LogP contribution is 2.47. The SMILES string of the molecule is Cn1nncc1C(=O)N1C[C@H](c2nc(C3CC3)n[nH]2)[C@@H](C2CC2)C1. The Morgan fingerprint density at radius 3 is 2.75 bits per heavy atom. The van der Waals surface area contributed by atoms with Crippen LogP contribution in [0.3, 0.4) is 0 Å². The summed E-state index contributed by atoms with van der Waals surface area (Å²) >= 11 is 0. The van der Waals surface area contributed by atoms with Crippen molar-refractivity contribution in [1.29, 1.82) is 0 Å². The van der Waals surface area contributed by atoms with Crippen LogP contribution in [-0.4, -0.2) is 54.1 Å². The number of nitrogens with one attached hydrogen (secondary N) is 1. The van der Waals surface area contributed by atoms with Crippen LogP contribution < -0.4 is 0 Å². The van der Waals surface area contributed by atoms with E-state index in [-0.39, 0.29) is 11.8 Å². The van der Waals surface area contributed by atoms with E-state index in [1.165, 1.54) is 25.7 Å². The molecule has 24 heavy (non-hydrogen) atoms. The standard InChI is InChI=1S/C16H21N7O/c1-22-13(6-17-21-22)16(24)23-7-11(9-2-3-9)12(8-23)15-18-14(19-20-15)10-4-5-10/h6,9-12H,2-5,7-8H2,1H3,(H,18,19,20)/t11-,12+/m1/s1. The molecule has 0 unspecified atom stereocenters. The molecule has 2 aromatic rings. The molecule has 126 valence electrons. The Bertz CT molecular complexity index is 773. The van der Waals surface area contributed by atoms with Crippen molar-refractivity contribution in [1.82, 2.24) is 35.1 Å². The molecule has 0 spiro atoms. The monoisotopic (exact) mass is 327 g/mol. The maximum atomic E-state index is 12.8. The van der Waals surface area contributed by atoms with E-state index in [2.05, 4.69) is 20.5 Å². The van der Waals surface area contributed by atoms with Crippen molar-refractivity contribution in [2.75, 3.05) is 13.1 Å². The minimum atomic E-state index is 0.0116. The minimum Gasteiger partial charge on any atom is -0.336 e. The summed E-state index contributed by atoms with van der Waals surface area (Å²) in [4.78, 5) is 19.5. The molecule has 2 saturated carbocycles. The molecule has 2 aliphatic carbocycles. The zero-order valence-corrected chi connectivity index (χ0v) is 13.7. The van der Waals surface area contributed by atoms with Gasteiger partial charge in [-0.1, -0.05) is 5.21 Å². The second kappa shape index (κ2) is 5.12. The molecule has 3 heterocycles. The summed E-state index contributed by atoms with van der Waals surface area (Å²) in [6.45, 7) is 1.49. The number of hydrogen-bond donors (Lipinski definition) is 1. The lowest BCUT2D eigenvalue weighted by Crippen LogP contribution is -2.30. The molecule has 0 radical (unpaired) electrons. The van der Waals surface area contributed by atoms with Crippen LogP contribution in [0.2, 0.25) is 0 Å². The number of aromatic nitrogens is 6. The van der Waals surface area contributed by atoms with E-state index in [1.54, 1.807) is 17.9 Å². The fourth-order valence-corrected chi connectivity index (χ4v) is 3.91. The van der Waals surface area contributed by atoms with Gasteiger partial charge in [0.1, 0.15) is 11.5 Å². The Kier molecular flexibility index (Phi) is 3.01. The summed E-state index contributed by atoms with van der Waals surface area (Å²) in [6, 6.07) is 0. The van der Waals surface area contributed by atoms with Gasteiger partial charge in [0.15, 0.2) is 5.82 Å². The maximum Gasteiger partial charge on any atom is 0.273 e. The molecule has 3 fully saturated rings. The number of aromatic amines is 1. The van der Waals surface area contributed by atoms with Gasteiger partial charge in [-0.3, -0.25) is 9.89 Å². The molecule has 5 rings (SSSR count). The molecule has 1 aliphatic heterocycles. The molecule has 8 nitrogen and oxygen atoms in total. The molecular weight excluding hydrogens is 306 g/mol. The molecule has 8 heteroatoms. The van der Waals surface area contributed by atoms with Crippen LogP contribution in [0.25, 0.3) is 0 Å². The van der Waals surface area contributed by atoms with Crippen LogP contribution in [0.15, 0.2) is 6.20 Å². The van der Waals surface area contributed by atoms with Gasteiger partial charge >= 0.3 is 0 Å². The second-order valence-corrected chi connectivity index (χ2v) is 7.41. The van der Waals surface area contributed by atoms with Gasteiger partial charge < -0.3 is 4.90 Å². The summed E-state index contributed by atoms with van der Waals surface area (Å²) in [5, 5.41) is 15.3. The zero-order chi connectivity index (χ0) is 16.3. The van der Waals surface area contributed by atoms with E-state index in [9.17, 15) is 4.79 Å². The number of H-pyrrole nitrogens is 1. The summed E-state index contributed by atoms with van der Waals surface area (Å²) in [6.07, 6.45) is 6.47. The molecule has 3 aliphatic rings. The first-order valence-electron chi connectivity index (χ1n) is 8.77. The van der Waals surface area contributed by atoms with Crippen molar-refractivity contribution in [3.63, 3.8) is 0 Å². The fourth-order valence-electron chi connectivity index (χ4n) is 3.91. The number of nitrogens with zero attached hydrogens (tertiary/aromatic N) is 6. The Hall–Kier alpha value is -2.25. The Morgan fingerprint density at radius 2 is 2.08 bits per heavy atom. The van der Waals surface area contributed by atoms with Crippen LogP contribution in [0.5, 0.6) is 0 Å². The van der Waals surface area contributed by atoms with E-state index in [1.807, 2.05) is 4.90 Å². The second-order valence-electron chi connectivity index (χ2n) is 7.41. The highest BCUT2D eigenvalue weighted by molar-refractivity contribution is 5.92. The number of aryl methyl sites for hydroxylation is 1. The number of amides is 1. The molecule has 1 N–H and O–H groups in total. The predicted molar refractivity (Wildman–Crippen MR) is 84.2 cm³/mol. The summed E-state index contributed by atoms with van der Waals surface area (Å²) in [5.41, 5.74) is 0.543. The van der Waals surface area contributed by atoms with Gasteiger partial charge in [-0.05, 0) is 37.5 Å². The summed E-state index contributed by atoms with van der Waals surface area (Å²) < 4.78 is 1.54. The van der Waals surface area contributed by atoms with Crippen molar-refractivity contribution in [3.05, 3.63) is 23.5 Å². The highest BCUT2D eigenvalue weighted by Gasteiger charge is 2.46. The Labute approximate surface area is 139 Å². The molecule has 2 atom stereocenters. The maximum absolute atomic E-state index is 12.8. The van der Waals surface area contributed by atoms with Crippen molar-refractivity contribution in [3.8, 4) is 0 Å². The van der Waals surface area contributed by atoms with Gasteiger partial charge in [0, 0.05) is 32.0 Å². The first-order valence-corrected chi connectivity index (χ1v) is 8.77. The van der Waals surface area contributed by atoms with E-state index >= 15 is 0 Å². The van der Waals surface area contributed by atoms with Crippen LogP contribution in [0, 0.1) is 11.8 Å². The topological polar surface area (TPSA) is 92.6 Å². The summed E-state index contributed by atoms with van der Waals surface area (Å²) in [5.74, 6) is 3.95. The average molecular weight is 327 g/mol. The summed E-state index contributed by atoms with van der Waals surface area (Å²) in [7, 11) is 1.75. The van der Waals surface area contributed by atoms with Crippen LogP contribution >= 0.6 is 0 Å². The molecular formula is C16H21N7O. The van der Waals surface area contributed by atoms with E-state index in [0.29, 0.717) is 30.0 Å². The lowest BCUT2D eigenvalue weighted by Gasteiger charge is -2.15. The van der Waals surface area contributed by atoms with Gasteiger partial charge in [0.2, 0.25) is 0 Å². The average Bonchev–Trinajstić information content (AvgIpc) is 3.48. The van der Waals surface area contributed by atoms with Gasteiger partial charge in [0.05, 0.1) is 6.20 Å². The van der Waals surface area contributed by atoms with Crippen molar-refractivity contribution < 1.29 is 4.79 Å². The predicted octanol–water partition coefficient (Wildman–Crippen LogP) is 1.08. The zero-order valence-electron chi connectivity index (χ0n) is 13.7. The largest absolute Gasteiger partial charge is 0.336 e. The van der Waals surface area contributed by atoms with Crippen molar-refractivity contribution >= 4 is 5.91 Å². The number of likely N-dealkylation sites (tertiary alicyclic amines) is 1. The van der Waals surface area contributed by atoms with E-state index < -0.39 is 0 Å². The smallest absolute Gasteiger partial charge is 0.273 e. The van der Waals surface area contributed by atoms with Gasteiger partial charge in [0.25, 0.3) is 5.91 Å². The van der Waals surface area contributed by atoms with Crippen LogP contribution in [0.4, 0.5) is 0 Å². The lowest BCUT2D eigenvalue weighted by molar-refractivity contribution is 0.0773. The number of carbonyl (C=O) groups is 1. The third kappa shape index (κ3) is 2.32. The highest BCUT2D eigenvalue weighted by atomic mass is 16.2. The molecule has 0 bridgehead atoms.